The van der Waals surface area contributed by atoms with Crippen molar-refractivity contribution in [3.05, 3.63) is 58.7 Å². The SMILES string of the molecule is C=Nc1c(/C=C\C)n(C)nc(-c2nnc(Cc3ccc(F)cc3)o2)/c1=N\O. The largest absolute Gasteiger partial charge is 0.419 e. The van der Waals surface area contributed by atoms with Crippen LogP contribution in [0, 0.1) is 5.82 Å². The highest BCUT2D eigenvalue weighted by Crippen LogP contribution is 2.20. The zero-order valence-corrected chi connectivity index (χ0v) is 14.8. The molecule has 1 N–H and O–H groups in total. The molecule has 1 aromatic carbocycles. The van der Waals surface area contributed by atoms with E-state index in [4.69, 9.17) is 4.42 Å². The minimum absolute atomic E-state index is 0.0763. The van der Waals surface area contributed by atoms with Crippen molar-refractivity contribution in [2.45, 2.75) is 13.3 Å². The van der Waals surface area contributed by atoms with Gasteiger partial charge in [-0.3, -0.25) is 9.67 Å². The van der Waals surface area contributed by atoms with Gasteiger partial charge in [0.2, 0.25) is 5.89 Å². The van der Waals surface area contributed by atoms with Gasteiger partial charge in [-0.2, -0.15) is 5.10 Å². The molecule has 9 heteroatoms. The number of rotatable bonds is 5. The minimum Gasteiger partial charge on any atom is -0.419 e. The average molecular weight is 368 g/mol. The second-order valence-corrected chi connectivity index (χ2v) is 5.62. The fourth-order valence-corrected chi connectivity index (χ4v) is 2.57. The molecule has 0 fully saturated rings. The summed E-state index contributed by atoms with van der Waals surface area (Å²) >= 11 is 0. The summed E-state index contributed by atoms with van der Waals surface area (Å²) in [6, 6.07) is 5.99. The number of aryl methyl sites for hydroxylation is 1. The maximum absolute atomic E-state index is 13.0. The maximum Gasteiger partial charge on any atom is 0.270 e. The Morgan fingerprint density at radius 3 is 2.67 bits per heavy atom. The van der Waals surface area contributed by atoms with Crippen molar-refractivity contribution in [1.82, 2.24) is 20.0 Å². The molecule has 0 aliphatic heterocycles. The molecule has 0 aliphatic rings. The van der Waals surface area contributed by atoms with E-state index >= 15 is 0 Å². The first kappa shape index (κ1) is 18.2. The van der Waals surface area contributed by atoms with E-state index in [1.54, 1.807) is 36.0 Å². The van der Waals surface area contributed by atoms with Crippen molar-refractivity contribution in [3.8, 4) is 11.6 Å². The summed E-state index contributed by atoms with van der Waals surface area (Å²) in [5.74, 6) is 0.0737. The third-order valence-corrected chi connectivity index (χ3v) is 3.81. The number of benzene rings is 1. The fourth-order valence-electron chi connectivity index (χ4n) is 2.57. The van der Waals surface area contributed by atoms with E-state index in [0.717, 1.165) is 5.56 Å². The topological polar surface area (TPSA) is 102 Å². The Morgan fingerprint density at radius 2 is 2.04 bits per heavy atom. The van der Waals surface area contributed by atoms with Crippen LogP contribution >= 0.6 is 0 Å². The number of hydrogen-bond donors (Lipinski definition) is 1. The van der Waals surface area contributed by atoms with Gasteiger partial charge in [0, 0.05) is 7.05 Å². The van der Waals surface area contributed by atoms with Gasteiger partial charge in [-0.05, 0) is 37.4 Å². The van der Waals surface area contributed by atoms with Crippen LogP contribution in [0.15, 0.2) is 44.9 Å². The van der Waals surface area contributed by atoms with Crippen molar-refractivity contribution in [3.63, 3.8) is 0 Å². The van der Waals surface area contributed by atoms with Crippen LogP contribution in [0.25, 0.3) is 17.7 Å². The van der Waals surface area contributed by atoms with Gasteiger partial charge in [0.25, 0.3) is 5.89 Å². The summed E-state index contributed by atoms with van der Waals surface area (Å²) in [6.07, 6.45) is 3.90. The zero-order valence-electron chi connectivity index (χ0n) is 14.8. The van der Waals surface area contributed by atoms with Crippen molar-refractivity contribution in [2.75, 3.05) is 0 Å². The van der Waals surface area contributed by atoms with Crippen LogP contribution in [0.4, 0.5) is 10.1 Å². The summed E-state index contributed by atoms with van der Waals surface area (Å²) in [5, 5.41) is 25.2. The number of aromatic nitrogens is 4. The Labute approximate surface area is 154 Å². The molecule has 2 heterocycles. The van der Waals surface area contributed by atoms with E-state index < -0.39 is 0 Å². The third kappa shape index (κ3) is 3.66. The molecule has 27 heavy (non-hydrogen) atoms. The normalized spacial score (nSPS) is 12.0. The molecule has 138 valence electrons. The highest BCUT2D eigenvalue weighted by molar-refractivity contribution is 5.66. The molecule has 2 aromatic heterocycles. The predicted molar refractivity (Wildman–Crippen MR) is 97.0 cm³/mol. The first-order valence-corrected chi connectivity index (χ1v) is 8.03. The monoisotopic (exact) mass is 368 g/mol. The lowest BCUT2D eigenvalue weighted by atomic mass is 10.1. The second kappa shape index (κ2) is 7.73. The fraction of sp³-hybridized carbons (Fsp3) is 0.167. The number of halogens is 1. The zero-order chi connectivity index (χ0) is 19.4. The van der Waals surface area contributed by atoms with Crippen LogP contribution in [0.3, 0.4) is 0 Å². The van der Waals surface area contributed by atoms with Crippen molar-refractivity contribution < 1.29 is 14.0 Å². The molecule has 0 atom stereocenters. The first-order chi connectivity index (χ1) is 13.1. The van der Waals surface area contributed by atoms with Crippen LogP contribution in [0.5, 0.6) is 0 Å². The number of hydrogen-bond acceptors (Lipinski definition) is 7. The van der Waals surface area contributed by atoms with E-state index in [1.165, 1.54) is 12.1 Å². The van der Waals surface area contributed by atoms with Crippen LogP contribution in [-0.4, -0.2) is 31.9 Å². The van der Waals surface area contributed by atoms with E-state index in [2.05, 4.69) is 32.2 Å². The molecular formula is C18H17FN6O2. The molecule has 8 nitrogen and oxygen atoms in total. The summed E-state index contributed by atoms with van der Waals surface area (Å²) in [7, 11) is 1.71. The number of nitrogens with zero attached hydrogens (tertiary/aromatic N) is 6. The van der Waals surface area contributed by atoms with E-state index in [9.17, 15) is 9.60 Å². The Kier molecular flexibility index (Phi) is 5.20. The molecule has 0 saturated heterocycles. The molecule has 0 bridgehead atoms. The standard InChI is InChI=1S/C18H17FN6O2/c1-4-5-13-15(20-2)16(24-26)17(23-25(13)3)18-22-21-14(27-18)10-11-6-8-12(19)9-7-11/h4-9,26H,2,10H2,1,3H3/b5-4-,24-16-. The molecule has 0 saturated carbocycles. The van der Waals surface area contributed by atoms with Gasteiger partial charge >= 0.3 is 0 Å². The molecule has 0 radical (unpaired) electrons. The van der Waals surface area contributed by atoms with Gasteiger partial charge in [0.05, 0.1) is 12.1 Å². The van der Waals surface area contributed by atoms with Crippen LogP contribution < -0.4 is 5.36 Å². The van der Waals surface area contributed by atoms with E-state index in [0.29, 0.717) is 23.7 Å². The van der Waals surface area contributed by atoms with Gasteiger partial charge in [0.15, 0.2) is 11.1 Å². The Morgan fingerprint density at radius 1 is 1.30 bits per heavy atom. The lowest BCUT2D eigenvalue weighted by molar-refractivity contribution is 0.301. The quantitative estimate of drug-likeness (QED) is 0.424. The summed E-state index contributed by atoms with van der Waals surface area (Å²) in [4.78, 5) is 3.95. The second-order valence-electron chi connectivity index (χ2n) is 5.62. The molecule has 0 amide bonds. The van der Waals surface area contributed by atoms with E-state index in [-0.39, 0.29) is 22.8 Å². The van der Waals surface area contributed by atoms with Gasteiger partial charge < -0.3 is 9.62 Å². The van der Waals surface area contributed by atoms with E-state index in [1.807, 2.05) is 6.92 Å². The molecule has 0 unspecified atom stereocenters. The van der Waals surface area contributed by atoms with Crippen LogP contribution in [0.2, 0.25) is 0 Å². The molecule has 3 rings (SSSR count). The first-order valence-electron chi connectivity index (χ1n) is 8.03. The molecule has 3 aromatic rings. The summed E-state index contributed by atoms with van der Waals surface area (Å²) in [6.45, 7) is 5.38. The van der Waals surface area contributed by atoms with Crippen LogP contribution in [-0.2, 0) is 13.5 Å². The van der Waals surface area contributed by atoms with Crippen molar-refractivity contribution in [2.24, 2.45) is 17.2 Å². The van der Waals surface area contributed by atoms with Crippen molar-refractivity contribution >= 4 is 18.5 Å². The average Bonchev–Trinajstić information content (AvgIpc) is 3.13. The summed E-state index contributed by atoms with van der Waals surface area (Å²) in [5.41, 5.74) is 1.93. The third-order valence-electron chi connectivity index (χ3n) is 3.81. The Balaban J connectivity index is 2.04. The van der Waals surface area contributed by atoms with Gasteiger partial charge in [-0.25, -0.2) is 4.39 Å². The Hall–Kier alpha value is -3.62. The number of allylic oxidation sites excluding steroid dienone is 1. The van der Waals surface area contributed by atoms with Crippen molar-refractivity contribution in [1.29, 1.82) is 0 Å². The molecular weight excluding hydrogens is 351 g/mol. The smallest absolute Gasteiger partial charge is 0.270 e. The Bertz CT molecular complexity index is 1070. The predicted octanol–water partition coefficient (Wildman–Crippen LogP) is 2.86. The summed E-state index contributed by atoms with van der Waals surface area (Å²) < 4.78 is 20.2. The minimum atomic E-state index is -0.318. The van der Waals surface area contributed by atoms with Gasteiger partial charge in [0.1, 0.15) is 11.5 Å². The maximum atomic E-state index is 13.0. The highest BCUT2D eigenvalue weighted by atomic mass is 19.1. The van der Waals surface area contributed by atoms with Gasteiger partial charge in [-0.15, -0.1) is 10.2 Å². The van der Waals surface area contributed by atoms with Gasteiger partial charge in [-0.1, -0.05) is 23.4 Å². The molecule has 0 aliphatic carbocycles. The van der Waals surface area contributed by atoms with Crippen LogP contribution in [0.1, 0.15) is 24.1 Å². The lowest BCUT2D eigenvalue weighted by Gasteiger charge is -2.09. The highest BCUT2D eigenvalue weighted by Gasteiger charge is 2.19. The lowest BCUT2D eigenvalue weighted by Crippen LogP contribution is -2.17. The number of aliphatic imine (C=N–C) groups is 1. The molecule has 0 spiro atoms.